The molecule has 0 saturated carbocycles. The molecule has 0 spiro atoms. The zero-order chi connectivity index (χ0) is 40.0. The fraction of sp³-hybridized carbons (Fsp3) is 0.244. The van der Waals surface area contributed by atoms with Gasteiger partial charge in [0, 0.05) is 35.1 Å². The van der Waals surface area contributed by atoms with Crippen molar-refractivity contribution in [3.05, 3.63) is 141 Å². The number of hydrogen-bond acceptors (Lipinski definition) is 11. The lowest BCUT2D eigenvalue weighted by atomic mass is 9.95. The van der Waals surface area contributed by atoms with Crippen molar-refractivity contribution in [3.8, 4) is 0 Å². The molecule has 0 aliphatic heterocycles. The van der Waals surface area contributed by atoms with Crippen LogP contribution in [-0.2, 0) is 22.3 Å². The van der Waals surface area contributed by atoms with Crippen LogP contribution in [0.25, 0.3) is 0 Å². The summed E-state index contributed by atoms with van der Waals surface area (Å²) in [5.74, 6) is -6.66. The van der Waals surface area contributed by atoms with Crippen LogP contribution in [0.1, 0.15) is 117 Å². The number of ether oxygens (including phenoxy) is 2. The molecule has 4 N–H and O–H groups in total. The molecule has 0 fully saturated rings. The van der Waals surface area contributed by atoms with E-state index >= 15 is 0 Å². The van der Waals surface area contributed by atoms with Gasteiger partial charge in [-0.25, -0.2) is 19.2 Å². The molecule has 0 aliphatic rings. The van der Waals surface area contributed by atoms with Crippen molar-refractivity contribution >= 4 is 41.2 Å². The average molecular weight is 739 g/mol. The largest absolute Gasteiger partial charge is 0.478 e. The van der Waals surface area contributed by atoms with E-state index in [0.717, 1.165) is 30.3 Å². The maximum absolute atomic E-state index is 13.5. The molecule has 0 bridgehead atoms. The van der Waals surface area contributed by atoms with Crippen LogP contribution in [0, 0.1) is 0 Å². The molecular formula is C41H38O13. The molecule has 0 radical (unpaired) electrons. The molecule has 4 rings (SSSR count). The van der Waals surface area contributed by atoms with Crippen molar-refractivity contribution < 1.29 is 63.5 Å². The zero-order valence-corrected chi connectivity index (χ0v) is 29.9. The monoisotopic (exact) mass is 738 g/mol. The summed E-state index contributed by atoms with van der Waals surface area (Å²) < 4.78 is 10.6. The number of benzene rings is 4. The lowest BCUT2D eigenvalue weighted by Gasteiger charge is -2.15. The number of carboxylic acid groups (broad SMARTS) is 2. The third-order valence-electron chi connectivity index (χ3n) is 8.26. The van der Waals surface area contributed by atoms with Crippen LogP contribution >= 0.6 is 0 Å². The number of esters is 2. The Kier molecular flexibility index (Phi) is 12.4. The number of ketones is 3. The minimum Gasteiger partial charge on any atom is -0.478 e. The summed E-state index contributed by atoms with van der Waals surface area (Å²) in [7, 11) is 0. The molecular weight excluding hydrogens is 700 g/mol. The molecule has 0 saturated heterocycles. The van der Waals surface area contributed by atoms with Crippen LogP contribution in [0.2, 0.25) is 0 Å². The van der Waals surface area contributed by atoms with Gasteiger partial charge in [-0.15, -0.1) is 0 Å². The van der Waals surface area contributed by atoms with E-state index in [0.29, 0.717) is 22.3 Å². The van der Waals surface area contributed by atoms with Gasteiger partial charge < -0.3 is 29.9 Å². The summed E-state index contributed by atoms with van der Waals surface area (Å²) in [4.78, 5) is 87.9. The first-order valence-electron chi connectivity index (χ1n) is 16.6. The minimum absolute atomic E-state index is 0.136. The summed E-state index contributed by atoms with van der Waals surface area (Å²) in [5, 5.41) is 39.4. The summed E-state index contributed by atoms with van der Waals surface area (Å²) >= 11 is 0. The van der Waals surface area contributed by atoms with Crippen LogP contribution in [-0.4, -0.2) is 86.1 Å². The highest BCUT2D eigenvalue weighted by Crippen LogP contribution is 2.22. The van der Waals surface area contributed by atoms with Crippen molar-refractivity contribution in [3.63, 3.8) is 0 Å². The molecule has 54 heavy (non-hydrogen) atoms. The Morgan fingerprint density at radius 2 is 0.833 bits per heavy atom. The van der Waals surface area contributed by atoms with E-state index in [9.17, 15) is 54.0 Å². The van der Waals surface area contributed by atoms with Gasteiger partial charge in [0.1, 0.15) is 11.2 Å². The van der Waals surface area contributed by atoms with E-state index in [1.54, 1.807) is 24.3 Å². The standard InChI is InChI=1S/C41H38O13/c1-40(2,51)34(43)25-9-5-23(6-10-25)17-19-53-38(49)30-16-14-27(21-31(30)37(47)48)33(42)28-13-15-29(36(45)46)32(22-28)39(50)54-20-18-24-7-11-26(12-8-24)35(44)41(3,4)52/h5-16,21-22,51-52H,17-20H2,1-4H3,(H,45,46)(H,47,48). The first-order valence-corrected chi connectivity index (χ1v) is 16.6. The summed E-state index contributed by atoms with van der Waals surface area (Å²) in [6.45, 7) is 5.19. The van der Waals surface area contributed by atoms with Crippen molar-refractivity contribution in [1.29, 1.82) is 0 Å². The van der Waals surface area contributed by atoms with Gasteiger partial charge in [-0.2, -0.15) is 0 Å². The fourth-order valence-electron chi connectivity index (χ4n) is 5.28. The molecule has 280 valence electrons. The van der Waals surface area contributed by atoms with Gasteiger partial charge in [0.05, 0.1) is 35.5 Å². The Hall–Kier alpha value is -6.31. The van der Waals surface area contributed by atoms with Crippen LogP contribution in [0.4, 0.5) is 0 Å². The molecule has 0 amide bonds. The van der Waals surface area contributed by atoms with Crippen LogP contribution in [0.5, 0.6) is 0 Å². The molecule has 13 nitrogen and oxygen atoms in total. The highest BCUT2D eigenvalue weighted by Gasteiger charge is 2.27. The lowest BCUT2D eigenvalue weighted by molar-refractivity contribution is 0.0487. The van der Waals surface area contributed by atoms with Crippen LogP contribution < -0.4 is 0 Å². The quantitative estimate of drug-likeness (QED) is 0.0878. The van der Waals surface area contributed by atoms with Crippen molar-refractivity contribution in [2.75, 3.05) is 13.2 Å². The number of aromatic carboxylic acids is 2. The Bertz CT molecular complexity index is 2110. The van der Waals surface area contributed by atoms with Crippen molar-refractivity contribution in [2.24, 2.45) is 0 Å². The Morgan fingerprint density at radius 1 is 0.481 bits per heavy atom. The predicted octanol–water partition coefficient (Wildman–Crippen LogP) is 5.02. The second-order valence-electron chi connectivity index (χ2n) is 13.4. The number of aliphatic hydroxyl groups is 2. The molecule has 4 aromatic rings. The summed E-state index contributed by atoms with van der Waals surface area (Å²) in [5.41, 5.74) is -3.13. The van der Waals surface area contributed by atoms with Crippen molar-refractivity contribution in [1.82, 2.24) is 0 Å². The number of carboxylic acids is 2. The van der Waals surface area contributed by atoms with Gasteiger partial charge in [0.2, 0.25) is 0 Å². The number of rotatable bonds is 16. The average Bonchev–Trinajstić information content (AvgIpc) is 3.13. The Balaban J connectivity index is 1.44. The van der Waals surface area contributed by atoms with Gasteiger partial charge in [-0.05, 0) is 63.1 Å². The third-order valence-corrected chi connectivity index (χ3v) is 8.26. The van der Waals surface area contributed by atoms with E-state index in [1.807, 2.05) is 0 Å². The third kappa shape index (κ3) is 9.97. The highest BCUT2D eigenvalue weighted by atomic mass is 16.5. The Morgan fingerprint density at radius 3 is 1.22 bits per heavy atom. The maximum Gasteiger partial charge on any atom is 0.339 e. The number of carbonyl (C=O) groups excluding carboxylic acids is 5. The molecule has 0 aromatic heterocycles. The molecule has 0 unspecified atom stereocenters. The molecule has 0 heterocycles. The van der Waals surface area contributed by atoms with Gasteiger partial charge in [-0.1, -0.05) is 60.7 Å². The number of carbonyl (C=O) groups is 7. The first kappa shape index (κ1) is 40.5. The van der Waals surface area contributed by atoms with Crippen LogP contribution in [0.3, 0.4) is 0 Å². The second kappa shape index (κ2) is 16.6. The van der Waals surface area contributed by atoms with E-state index in [4.69, 9.17) is 9.47 Å². The SMILES string of the molecule is CC(C)(O)C(=O)c1ccc(CCOC(=O)c2ccc(C(=O)c3ccc(C(=O)O)c(C(=O)OCCc4ccc(C(=O)C(C)(C)O)cc4)c3)cc2C(=O)O)cc1. The smallest absolute Gasteiger partial charge is 0.339 e. The van der Waals surface area contributed by atoms with Gasteiger partial charge >= 0.3 is 23.9 Å². The van der Waals surface area contributed by atoms with Gasteiger partial charge in [0.25, 0.3) is 0 Å². The first-order chi connectivity index (χ1) is 25.3. The van der Waals surface area contributed by atoms with E-state index < -0.39 is 69.1 Å². The van der Waals surface area contributed by atoms with E-state index in [2.05, 4.69) is 0 Å². The zero-order valence-electron chi connectivity index (χ0n) is 29.9. The molecule has 0 aliphatic carbocycles. The van der Waals surface area contributed by atoms with Crippen molar-refractivity contribution in [2.45, 2.75) is 51.7 Å². The van der Waals surface area contributed by atoms with E-state index in [-0.39, 0.29) is 42.7 Å². The minimum atomic E-state index is -1.55. The summed E-state index contributed by atoms with van der Waals surface area (Å²) in [6.07, 6.45) is 0.438. The maximum atomic E-state index is 13.5. The second-order valence-corrected chi connectivity index (χ2v) is 13.4. The molecule has 4 aromatic carbocycles. The number of hydrogen-bond donors (Lipinski definition) is 4. The molecule has 13 heteroatoms. The Labute approximate surface area is 309 Å². The van der Waals surface area contributed by atoms with Crippen LogP contribution in [0.15, 0.2) is 84.9 Å². The lowest BCUT2D eigenvalue weighted by Crippen LogP contribution is -2.31. The number of Topliss-reactive ketones (excluding diaryl/α,β-unsaturated/α-hetero) is 2. The normalized spacial score (nSPS) is 11.4. The van der Waals surface area contributed by atoms with E-state index in [1.165, 1.54) is 58.0 Å². The van der Waals surface area contributed by atoms with Gasteiger partial charge in [-0.3, -0.25) is 14.4 Å². The summed E-state index contributed by atoms with van der Waals surface area (Å²) in [6, 6.07) is 19.2. The van der Waals surface area contributed by atoms with Gasteiger partial charge in [0.15, 0.2) is 17.3 Å². The fourth-order valence-corrected chi connectivity index (χ4v) is 5.28. The molecule has 0 atom stereocenters. The highest BCUT2D eigenvalue weighted by molar-refractivity contribution is 6.13. The predicted molar refractivity (Wildman–Crippen MR) is 192 cm³/mol. The topological polar surface area (TPSA) is 219 Å².